The van der Waals surface area contributed by atoms with E-state index in [2.05, 4.69) is 45.7 Å². The first-order valence-electron chi connectivity index (χ1n) is 7.29. The van der Waals surface area contributed by atoms with E-state index in [1.54, 1.807) is 10.7 Å². The Hall–Kier alpha value is -1.56. The summed E-state index contributed by atoms with van der Waals surface area (Å²) < 4.78 is 7.27. The van der Waals surface area contributed by atoms with Crippen LogP contribution in [0.5, 0.6) is 0 Å². The fourth-order valence-corrected chi connectivity index (χ4v) is 3.03. The third-order valence-corrected chi connectivity index (χ3v) is 5.52. The summed E-state index contributed by atoms with van der Waals surface area (Å²) in [6.07, 6.45) is 1.48. The summed E-state index contributed by atoms with van der Waals surface area (Å²) in [5, 5.41) is 14.1. The number of alkyl halides is 1. The molecular formula is C15H19BrN4O2Si. The number of carbonyl (C=O) groups is 1. The zero-order valence-corrected chi connectivity index (χ0v) is 16.1. The summed E-state index contributed by atoms with van der Waals surface area (Å²) in [6, 6.07) is 4.74. The molecule has 2 aromatic heterocycles. The number of nitrogens with zero attached hydrogens (tertiary/aromatic N) is 4. The molecule has 0 amide bonds. The number of hydrogen-bond donors (Lipinski definition) is 0. The SMILES string of the molecule is C[Si](C)(C)CCOCn1nc(C(=O)CBr)c2cc(C#N)cnc21. The van der Waals surface area contributed by atoms with E-state index in [0.29, 0.717) is 28.9 Å². The second-order valence-electron chi connectivity index (χ2n) is 6.46. The first-order chi connectivity index (χ1) is 10.9. The normalized spacial score (nSPS) is 11.6. The zero-order chi connectivity index (χ0) is 17.0. The Labute approximate surface area is 144 Å². The van der Waals surface area contributed by atoms with Crippen molar-refractivity contribution in [3.63, 3.8) is 0 Å². The van der Waals surface area contributed by atoms with Gasteiger partial charge >= 0.3 is 0 Å². The highest BCUT2D eigenvalue weighted by molar-refractivity contribution is 9.09. The molecule has 0 aliphatic rings. The van der Waals surface area contributed by atoms with E-state index in [-0.39, 0.29) is 17.8 Å². The van der Waals surface area contributed by atoms with Gasteiger partial charge in [0.25, 0.3) is 0 Å². The van der Waals surface area contributed by atoms with Gasteiger partial charge in [0.05, 0.1) is 16.3 Å². The summed E-state index contributed by atoms with van der Waals surface area (Å²) in [5.74, 6) is -0.146. The molecule has 0 fully saturated rings. The van der Waals surface area contributed by atoms with E-state index < -0.39 is 8.07 Å². The van der Waals surface area contributed by atoms with Crippen LogP contribution in [0.25, 0.3) is 11.0 Å². The summed E-state index contributed by atoms with van der Waals surface area (Å²) in [4.78, 5) is 16.3. The molecule has 0 bridgehead atoms. The van der Waals surface area contributed by atoms with Gasteiger partial charge in [0.15, 0.2) is 11.4 Å². The van der Waals surface area contributed by atoms with E-state index >= 15 is 0 Å². The van der Waals surface area contributed by atoms with E-state index in [0.717, 1.165) is 6.04 Å². The standard InChI is InChI=1S/C15H19BrN4O2Si/c1-23(2,3)5-4-22-10-20-15-12(6-11(8-17)9-18-15)14(19-20)13(21)7-16/h6,9H,4-5,7,10H2,1-3H3. The second kappa shape index (κ2) is 7.34. The second-order valence-corrected chi connectivity index (χ2v) is 12.6. The molecule has 0 aromatic carbocycles. The van der Waals surface area contributed by atoms with Gasteiger partial charge in [0.2, 0.25) is 0 Å². The number of nitriles is 1. The average molecular weight is 395 g/mol. The van der Waals surface area contributed by atoms with Crippen molar-refractivity contribution < 1.29 is 9.53 Å². The van der Waals surface area contributed by atoms with Gasteiger partial charge in [-0.05, 0) is 12.1 Å². The molecule has 2 heterocycles. The molecule has 0 aliphatic carbocycles. The van der Waals surface area contributed by atoms with Crippen LogP contribution in [0.15, 0.2) is 12.3 Å². The maximum Gasteiger partial charge on any atom is 0.194 e. The Morgan fingerprint density at radius 3 is 2.83 bits per heavy atom. The molecule has 6 nitrogen and oxygen atoms in total. The highest BCUT2D eigenvalue weighted by Crippen LogP contribution is 2.19. The van der Waals surface area contributed by atoms with Crippen LogP contribution in [0.1, 0.15) is 16.1 Å². The lowest BCUT2D eigenvalue weighted by atomic mass is 10.2. The average Bonchev–Trinajstić information content (AvgIpc) is 2.87. The van der Waals surface area contributed by atoms with Crippen molar-refractivity contribution >= 4 is 40.8 Å². The number of hydrogen-bond acceptors (Lipinski definition) is 5. The number of ether oxygens (including phenoxy) is 1. The van der Waals surface area contributed by atoms with E-state index in [4.69, 9.17) is 10.00 Å². The Bertz CT molecular complexity index is 761. The number of halogens is 1. The Morgan fingerprint density at radius 1 is 1.48 bits per heavy atom. The molecule has 0 atom stereocenters. The van der Waals surface area contributed by atoms with Gasteiger partial charge in [-0.2, -0.15) is 10.4 Å². The number of Topliss-reactive ketones (excluding diaryl/α,β-unsaturated/α-hetero) is 1. The molecule has 0 saturated carbocycles. The Morgan fingerprint density at radius 2 is 2.22 bits per heavy atom. The molecule has 2 rings (SSSR count). The van der Waals surface area contributed by atoms with E-state index in [1.807, 2.05) is 6.07 Å². The minimum Gasteiger partial charge on any atom is -0.359 e. The monoisotopic (exact) mass is 394 g/mol. The Kier molecular flexibility index (Phi) is 5.67. The molecule has 23 heavy (non-hydrogen) atoms. The molecule has 0 spiro atoms. The fourth-order valence-electron chi connectivity index (χ4n) is 2.01. The maximum atomic E-state index is 12.0. The molecule has 122 valence electrons. The van der Waals surface area contributed by atoms with E-state index in [1.165, 1.54) is 6.20 Å². The topological polar surface area (TPSA) is 80.8 Å². The number of carbonyl (C=O) groups excluding carboxylic acids is 1. The minimum absolute atomic E-state index is 0.146. The summed E-state index contributed by atoms with van der Waals surface area (Å²) >= 11 is 3.16. The van der Waals surface area contributed by atoms with Crippen molar-refractivity contribution in [3.05, 3.63) is 23.5 Å². The fraction of sp³-hybridized carbons (Fsp3) is 0.467. The lowest BCUT2D eigenvalue weighted by molar-refractivity contribution is 0.0805. The van der Waals surface area contributed by atoms with Crippen LogP contribution >= 0.6 is 15.9 Å². The van der Waals surface area contributed by atoms with Crippen molar-refractivity contribution in [1.82, 2.24) is 14.8 Å². The predicted molar refractivity (Wildman–Crippen MR) is 94.5 cm³/mol. The van der Waals surface area contributed by atoms with Crippen molar-refractivity contribution in [3.8, 4) is 6.07 Å². The smallest absolute Gasteiger partial charge is 0.194 e. The molecule has 0 saturated heterocycles. The van der Waals surface area contributed by atoms with Crippen LogP contribution < -0.4 is 0 Å². The number of ketones is 1. The van der Waals surface area contributed by atoms with Crippen LogP contribution in [0.4, 0.5) is 0 Å². The van der Waals surface area contributed by atoms with Gasteiger partial charge in [-0.15, -0.1) is 0 Å². The van der Waals surface area contributed by atoms with Crippen LogP contribution in [-0.2, 0) is 11.5 Å². The quantitative estimate of drug-likeness (QED) is 0.311. The van der Waals surface area contributed by atoms with Gasteiger partial charge in [0, 0.05) is 20.9 Å². The van der Waals surface area contributed by atoms with Crippen molar-refractivity contribution in [2.75, 3.05) is 11.9 Å². The number of pyridine rings is 1. The van der Waals surface area contributed by atoms with Crippen molar-refractivity contribution in [2.24, 2.45) is 0 Å². The van der Waals surface area contributed by atoms with Gasteiger partial charge in [0.1, 0.15) is 18.5 Å². The highest BCUT2D eigenvalue weighted by Gasteiger charge is 2.18. The van der Waals surface area contributed by atoms with Crippen LogP contribution in [0.3, 0.4) is 0 Å². The first kappa shape index (κ1) is 17.8. The molecular weight excluding hydrogens is 376 g/mol. The molecule has 0 radical (unpaired) electrons. The zero-order valence-electron chi connectivity index (χ0n) is 13.5. The molecule has 0 unspecified atom stereocenters. The number of fused-ring (bicyclic) bond motifs is 1. The van der Waals surface area contributed by atoms with Gasteiger partial charge in [-0.3, -0.25) is 4.79 Å². The van der Waals surface area contributed by atoms with Crippen LogP contribution in [-0.4, -0.2) is 40.6 Å². The van der Waals surface area contributed by atoms with E-state index in [9.17, 15) is 4.79 Å². The Balaban J connectivity index is 2.26. The minimum atomic E-state index is -1.15. The third kappa shape index (κ3) is 4.47. The van der Waals surface area contributed by atoms with Crippen molar-refractivity contribution in [1.29, 1.82) is 5.26 Å². The van der Waals surface area contributed by atoms with Gasteiger partial charge in [-0.1, -0.05) is 35.6 Å². The maximum absolute atomic E-state index is 12.0. The molecule has 0 N–H and O–H groups in total. The highest BCUT2D eigenvalue weighted by atomic mass is 79.9. The lowest BCUT2D eigenvalue weighted by Gasteiger charge is -2.15. The summed E-state index contributed by atoms with van der Waals surface area (Å²) in [5.41, 5.74) is 1.27. The van der Waals surface area contributed by atoms with Gasteiger partial charge in [-0.25, -0.2) is 9.67 Å². The predicted octanol–water partition coefficient (Wildman–Crippen LogP) is 3.19. The first-order valence-corrected chi connectivity index (χ1v) is 12.1. The molecule has 0 aliphatic heterocycles. The van der Waals surface area contributed by atoms with Crippen LogP contribution in [0, 0.1) is 11.3 Å². The largest absolute Gasteiger partial charge is 0.359 e. The summed E-state index contributed by atoms with van der Waals surface area (Å²) in [7, 11) is -1.15. The molecule has 8 heteroatoms. The van der Waals surface area contributed by atoms with Gasteiger partial charge < -0.3 is 4.74 Å². The molecule has 2 aromatic rings. The number of rotatable bonds is 7. The number of aromatic nitrogens is 3. The van der Waals surface area contributed by atoms with Crippen LogP contribution in [0.2, 0.25) is 25.7 Å². The van der Waals surface area contributed by atoms with Crippen molar-refractivity contribution in [2.45, 2.75) is 32.4 Å². The third-order valence-electron chi connectivity index (χ3n) is 3.31. The summed E-state index contributed by atoms with van der Waals surface area (Å²) in [6.45, 7) is 7.77. The lowest BCUT2D eigenvalue weighted by Crippen LogP contribution is -2.22.